The third-order valence-corrected chi connectivity index (χ3v) is 1.67. The van der Waals surface area contributed by atoms with Crippen molar-refractivity contribution in [3.8, 4) is 11.9 Å². The molecule has 0 fully saturated rings. The third kappa shape index (κ3) is 4.63. The van der Waals surface area contributed by atoms with Crippen LogP contribution in [0.3, 0.4) is 0 Å². The second-order valence-electron chi connectivity index (χ2n) is 3.12. The van der Waals surface area contributed by atoms with E-state index in [1.807, 2.05) is 25.1 Å². The van der Waals surface area contributed by atoms with E-state index in [9.17, 15) is 0 Å². The summed E-state index contributed by atoms with van der Waals surface area (Å²) in [5.41, 5.74) is 0.478. The second-order valence-corrected chi connectivity index (χ2v) is 3.12. The van der Waals surface area contributed by atoms with Crippen molar-refractivity contribution in [3.05, 3.63) is 23.9 Å². The maximum Gasteiger partial charge on any atom is 0.231 e. The van der Waals surface area contributed by atoms with Gasteiger partial charge in [0.25, 0.3) is 0 Å². The Hall–Kier alpha value is -1.31. The van der Waals surface area contributed by atoms with Crippen molar-refractivity contribution in [2.24, 2.45) is 0 Å². The first-order valence-corrected chi connectivity index (χ1v) is 4.36. The SMILES string of the molecule is CN(C)CCOc1ncccc1C#N.Cl. The number of hydrogen-bond acceptors (Lipinski definition) is 4. The maximum absolute atomic E-state index is 8.75. The summed E-state index contributed by atoms with van der Waals surface area (Å²) in [5.74, 6) is 0.414. The van der Waals surface area contributed by atoms with Crippen molar-refractivity contribution in [1.29, 1.82) is 5.26 Å². The molecule has 0 radical (unpaired) electrons. The van der Waals surface area contributed by atoms with Crippen LogP contribution in [0.25, 0.3) is 0 Å². The van der Waals surface area contributed by atoms with Gasteiger partial charge in [0.1, 0.15) is 18.2 Å². The van der Waals surface area contributed by atoms with Gasteiger partial charge in [-0.1, -0.05) is 0 Å². The Kier molecular flexibility index (Phi) is 6.43. The molecular formula is C10H14ClN3O. The van der Waals surface area contributed by atoms with Crippen LogP contribution in [0.5, 0.6) is 5.88 Å². The van der Waals surface area contributed by atoms with Crippen molar-refractivity contribution in [3.63, 3.8) is 0 Å². The van der Waals surface area contributed by atoms with Crippen LogP contribution in [-0.4, -0.2) is 37.1 Å². The molecule has 15 heavy (non-hydrogen) atoms. The van der Waals surface area contributed by atoms with E-state index in [2.05, 4.69) is 4.98 Å². The van der Waals surface area contributed by atoms with E-state index in [4.69, 9.17) is 10.00 Å². The highest BCUT2D eigenvalue weighted by atomic mass is 35.5. The molecule has 0 saturated heterocycles. The number of nitrogens with zero attached hydrogens (tertiary/aromatic N) is 3. The van der Waals surface area contributed by atoms with Crippen LogP contribution < -0.4 is 4.74 Å². The molecule has 0 spiro atoms. The number of rotatable bonds is 4. The molecule has 0 saturated carbocycles. The van der Waals surface area contributed by atoms with Crippen LogP contribution in [0.15, 0.2) is 18.3 Å². The van der Waals surface area contributed by atoms with Crippen LogP contribution >= 0.6 is 12.4 Å². The Labute approximate surface area is 95.9 Å². The second kappa shape index (κ2) is 7.04. The molecule has 4 nitrogen and oxygen atoms in total. The summed E-state index contributed by atoms with van der Waals surface area (Å²) in [5, 5.41) is 8.75. The molecule has 0 bridgehead atoms. The molecule has 0 N–H and O–H groups in total. The van der Waals surface area contributed by atoms with E-state index in [1.54, 1.807) is 18.3 Å². The molecule has 0 aromatic carbocycles. The van der Waals surface area contributed by atoms with Crippen LogP contribution in [0.4, 0.5) is 0 Å². The van der Waals surface area contributed by atoms with Gasteiger partial charge in [-0.25, -0.2) is 4.98 Å². The lowest BCUT2D eigenvalue weighted by atomic mass is 10.3. The van der Waals surface area contributed by atoms with E-state index < -0.39 is 0 Å². The van der Waals surface area contributed by atoms with E-state index in [0.29, 0.717) is 18.1 Å². The van der Waals surface area contributed by atoms with Gasteiger partial charge >= 0.3 is 0 Å². The van der Waals surface area contributed by atoms with E-state index in [1.165, 1.54) is 0 Å². The molecule has 0 aliphatic carbocycles. The fourth-order valence-electron chi connectivity index (χ4n) is 0.916. The number of hydrogen-bond donors (Lipinski definition) is 0. The number of likely N-dealkylation sites (N-methyl/N-ethyl adjacent to an activating group) is 1. The zero-order valence-corrected chi connectivity index (χ0v) is 9.62. The fourth-order valence-corrected chi connectivity index (χ4v) is 0.916. The molecule has 0 aliphatic heterocycles. The standard InChI is InChI=1S/C10H13N3O.ClH/c1-13(2)6-7-14-10-9(8-11)4-3-5-12-10;/h3-5H,6-7H2,1-2H3;1H. The van der Waals surface area contributed by atoms with Crippen LogP contribution in [-0.2, 0) is 0 Å². The number of pyridine rings is 1. The number of nitriles is 1. The van der Waals surface area contributed by atoms with E-state index in [0.717, 1.165) is 6.54 Å². The lowest BCUT2D eigenvalue weighted by Crippen LogP contribution is -2.19. The molecule has 1 aromatic heterocycles. The normalized spacial score (nSPS) is 9.20. The van der Waals surface area contributed by atoms with Crippen molar-refractivity contribution in [2.75, 3.05) is 27.2 Å². The van der Waals surface area contributed by atoms with Gasteiger partial charge in [-0.2, -0.15) is 5.26 Å². The first-order valence-electron chi connectivity index (χ1n) is 4.36. The van der Waals surface area contributed by atoms with E-state index in [-0.39, 0.29) is 12.4 Å². The Morgan fingerprint density at radius 3 is 2.87 bits per heavy atom. The molecule has 1 aromatic rings. The summed E-state index contributed by atoms with van der Waals surface area (Å²) < 4.78 is 5.36. The minimum absolute atomic E-state index is 0. The summed E-state index contributed by atoms with van der Waals surface area (Å²) in [4.78, 5) is 5.99. The van der Waals surface area contributed by atoms with Gasteiger partial charge < -0.3 is 9.64 Å². The van der Waals surface area contributed by atoms with Gasteiger partial charge in [0.05, 0.1) is 0 Å². The van der Waals surface area contributed by atoms with Gasteiger partial charge in [-0.3, -0.25) is 0 Å². The highest BCUT2D eigenvalue weighted by Crippen LogP contribution is 2.11. The molecule has 0 unspecified atom stereocenters. The molecule has 5 heteroatoms. The average molecular weight is 228 g/mol. The molecule has 82 valence electrons. The van der Waals surface area contributed by atoms with Crippen LogP contribution in [0.2, 0.25) is 0 Å². The molecule has 1 heterocycles. The number of halogens is 1. The number of ether oxygens (including phenoxy) is 1. The monoisotopic (exact) mass is 227 g/mol. The van der Waals surface area contributed by atoms with Gasteiger partial charge in [0.2, 0.25) is 5.88 Å². The maximum atomic E-state index is 8.75. The van der Waals surface area contributed by atoms with Gasteiger partial charge in [-0.15, -0.1) is 12.4 Å². The fraction of sp³-hybridized carbons (Fsp3) is 0.400. The minimum atomic E-state index is 0. The molecule has 0 atom stereocenters. The topological polar surface area (TPSA) is 49.1 Å². The molecular weight excluding hydrogens is 214 g/mol. The van der Waals surface area contributed by atoms with Crippen molar-refractivity contribution >= 4 is 12.4 Å². The Balaban J connectivity index is 0.00000196. The van der Waals surface area contributed by atoms with Crippen molar-refractivity contribution in [1.82, 2.24) is 9.88 Å². The third-order valence-electron chi connectivity index (χ3n) is 1.67. The Bertz CT molecular complexity index is 336. The first-order chi connectivity index (χ1) is 6.74. The van der Waals surface area contributed by atoms with Crippen molar-refractivity contribution in [2.45, 2.75) is 0 Å². The number of aromatic nitrogens is 1. The summed E-state index contributed by atoms with van der Waals surface area (Å²) in [6.07, 6.45) is 1.62. The highest BCUT2D eigenvalue weighted by molar-refractivity contribution is 5.85. The summed E-state index contributed by atoms with van der Waals surface area (Å²) >= 11 is 0. The highest BCUT2D eigenvalue weighted by Gasteiger charge is 2.02. The Morgan fingerprint density at radius 2 is 2.27 bits per heavy atom. The summed E-state index contributed by atoms with van der Waals surface area (Å²) in [6.45, 7) is 1.35. The summed E-state index contributed by atoms with van der Waals surface area (Å²) in [7, 11) is 3.93. The summed E-state index contributed by atoms with van der Waals surface area (Å²) in [6, 6.07) is 5.44. The van der Waals surface area contributed by atoms with Gasteiger partial charge in [0, 0.05) is 12.7 Å². The van der Waals surface area contributed by atoms with Gasteiger partial charge in [0.15, 0.2) is 0 Å². The molecule has 1 rings (SSSR count). The quantitative estimate of drug-likeness (QED) is 0.779. The lowest BCUT2D eigenvalue weighted by molar-refractivity contribution is 0.253. The molecule has 0 aliphatic rings. The van der Waals surface area contributed by atoms with Gasteiger partial charge in [-0.05, 0) is 26.2 Å². The largest absolute Gasteiger partial charge is 0.475 e. The first kappa shape index (κ1) is 13.7. The Morgan fingerprint density at radius 1 is 1.53 bits per heavy atom. The zero-order chi connectivity index (χ0) is 10.4. The van der Waals surface area contributed by atoms with Crippen molar-refractivity contribution < 1.29 is 4.74 Å². The predicted molar refractivity (Wildman–Crippen MR) is 60.2 cm³/mol. The smallest absolute Gasteiger partial charge is 0.231 e. The average Bonchev–Trinajstić information content (AvgIpc) is 2.18. The predicted octanol–water partition coefficient (Wildman–Crippen LogP) is 1.32. The lowest BCUT2D eigenvalue weighted by Gasteiger charge is -2.10. The molecule has 0 amide bonds. The van der Waals surface area contributed by atoms with Crippen LogP contribution in [0, 0.1) is 11.3 Å². The minimum Gasteiger partial charge on any atom is -0.475 e. The van der Waals surface area contributed by atoms with E-state index >= 15 is 0 Å². The van der Waals surface area contributed by atoms with Crippen LogP contribution in [0.1, 0.15) is 5.56 Å². The zero-order valence-electron chi connectivity index (χ0n) is 8.80.